The number of fused-ring (bicyclic) bond motifs is 1. The van der Waals surface area contributed by atoms with Crippen LogP contribution in [0.2, 0.25) is 0 Å². The molecule has 0 spiro atoms. The van der Waals surface area contributed by atoms with E-state index in [0.29, 0.717) is 18.9 Å². The van der Waals surface area contributed by atoms with Gasteiger partial charge in [-0.2, -0.15) is 0 Å². The first kappa shape index (κ1) is 29.3. The lowest BCUT2D eigenvalue weighted by Crippen LogP contribution is -2.54. The van der Waals surface area contributed by atoms with Gasteiger partial charge in [0.2, 0.25) is 17.7 Å². The maximum Gasteiger partial charge on any atom is 0.266 e. The molecule has 2 N–H and O–H groups in total. The Hall–Kier alpha value is -3.27. The maximum atomic E-state index is 13.1. The lowest BCUT2D eigenvalue weighted by atomic mass is 10.0. The Morgan fingerprint density at radius 3 is 2.37 bits per heavy atom. The number of nitrogens with zero attached hydrogens (tertiary/aromatic N) is 1. The molecule has 2 heterocycles. The molecule has 1 aromatic carbocycles. The van der Waals surface area contributed by atoms with Crippen LogP contribution in [0.3, 0.4) is 0 Å². The third-order valence-corrected chi connectivity index (χ3v) is 6.63. The minimum absolute atomic E-state index is 0.0547. The van der Waals surface area contributed by atoms with Gasteiger partial charge >= 0.3 is 0 Å². The van der Waals surface area contributed by atoms with E-state index in [1.54, 1.807) is 18.2 Å². The van der Waals surface area contributed by atoms with Gasteiger partial charge in [0.1, 0.15) is 18.4 Å². The monoisotopic (exact) mass is 529 g/mol. The zero-order valence-electron chi connectivity index (χ0n) is 22.4. The lowest BCUT2D eigenvalue weighted by Gasteiger charge is -2.27. The molecule has 5 amide bonds. The predicted octanol–water partition coefficient (Wildman–Crippen LogP) is 3.13. The van der Waals surface area contributed by atoms with E-state index in [1.807, 2.05) is 13.8 Å². The number of ether oxygens (including phenoxy) is 2. The number of hydrogen-bond donors (Lipinski definition) is 2. The third kappa shape index (κ3) is 8.11. The summed E-state index contributed by atoms with van der Waals surface area (Å²) >= 11 is 0. The van der Waals surface area contributed by atoms with Crippen LogP contribution in [0.15, 0.2) is 18.2 Å². The first-order chi connectivity index (χ1) is 18.3. The molecule has 2 aliphatic rings. The van der Waals surface area contributed by atoms with E-state index in [9.17, 15) is 24.0 Å². The number of rotatable bonds is 16. The molecule has 10 nitrogen and oxygen atoms in total. The molecule has 0 aromatic heterocycles. The van der Waals surface area contributed by atoms with Crippen molar-refractivity contribution in [2.75, 3.05) is 19.8 Å². The summed E-state index contributed by atoms with van der Waals surface area (Å²) in [4.78, 5) is 62.2. The summed E-state index contributed by atoms with van der Waals surface area (Å²) in [6.07, 6.45) is 8.61. The van der Waals surface area contributed by atoms with Crippen LogP contribution in [0.1, 0.15) is 98.8 Å². The first-order valence-corrected chi connectivity index (χ1v) is 13.6. The molecule has 1 fully saturated rings. The van der Waals surface area contributed by atoms with Gasteiger partial charge in [0, 0.05) is 13.0 Å². The Morgan fingerprint density at radius 1 is 1.00 bits per heavy atom. The summed E-state index contributed by atoms with van der Waals surface area (Å²) in [5, 5.41) is 5.07. The minimum atomic E-state index is -0.990. The van der Waals surface area contributed by atoms with E-state index in [2.05, 4.69) is 10.6 Å². The zero-order chi connectivity index (χ0) is 27.5. The van der Waals surface area contributed by atoms with Crippen molar-refractivity contribution in [2.24, 2.45) is 0 Å². The SMILES string of the molecule is CC(C)OCC(=O)NCCCCCCCCCCOc1cccc2c1C(=O)N(C1CCC(=O)NC1=O)C2=O. The molecule has 10 heteroatoms. The largest absolute Gasteiger partial charge is 0.493 e. The van der Waals surface area contributed by atoms with Crippen molar-refractivity contribution in [1.29, 1.82) is 0 Å². The Kier molecular flexibility index (Phi) is 11.3. The molecule has 0 bridgehead atoms. The number of piperidine rings is 1. The molecule has 0 saturated carbocycles. The molecule has 1 saturated heterocycles. The van der Waals surface area contributed by atoms with Crippen LogP contribution < -0.4 is 15.4 Å². The molecule has 38 heavy (non-hydrogen) atoms. The lowest BCUT2D eigenvalue weighted by molar-refractivity contribution is -0.136. The zero-order valence-corrected chi connectivity index (χ0v) is 22.4. The van der Waals surface area contributed by atoms with Crippen molar-refractivity contribution in [3.63, 3.8) is 0 Å². The summed E-state index contributed by atoms with van der Waals surface area (Å²) in [6.45, 7) is 5.03. The fourth-order valence-corrected chi connectivity index (χ4v) is 4.60. The number of benzene rings is 1. The second-order valence-electron chi connectivity index (χ2n) is 10.0. The topological polar surface area (TPSA) is 131 Å². The van der Waals surface area contributed by atoms with E-state index in [-0.39, 0.29) is 42.6 Å². The average molecular weight is 530 g/mol. The van der Waals surface area contributed by atoms with E-state index in [0.717, 1.165) is 56.3 Å². The molecule has 1 unspecified atom stereocenters. The normalized spacial score (nSPS) is 17.1. The van der Waals surface area contributed by atoms with E-state index in [1.165, 1.54) is 0 Å². The summed E-state index contributed by atoms with van der Waals surface area (Å²) in [6, 6.07) is 3.90. The molecular formula is C28H39N3O7. The summed E-state index contributed by atoms with van der Waals surface area (Å²) < 4.78 is 11.1. The quantitative estimate of drug-likeness (QED) is 0.248. The Balaban J connectivity index is 1.30. The third-order valence-electron chi connectivity index (χ3n) is 6.63. The van der Waals surface area contributed by atoms with Gasteiger partial charge in [-0.15, -0.1) is 0 Å². The Bertz CT molecular complexity index is 1020. The van der Waals surface area contributed by atoms with E-state index >= 15 is 0 Å². The number of nitrogens with one attached hydrogen (secondary N) is 2. The van der Waals surface area contributed by atoms with Gasteiger partial charge in [-0.25, -0.2) is 0 Å². The molecule has 208 valence electrons. The van der Waals surface area contributed by atoms with E-state index < -0.39 is 29.7 Å². The highest BCUT2D eigenvalue weighted by atomic mass is 16.5. The fraction of sp³-hybridized carbons (Fsp3) is 0.607. The van der Waals surface area contributed by atoms with Gasteiger partial charge in [0.25, 0.3) is 11.8 Å². The summed E-state index contributed by atoms with van der Waals surface area (Å²) in [5.74, 6) is -1.84. The molecular weight excluding hydrogens is 490 g/mol. The molecule has 1 aromatic rings. The van der Waals surface area contributed by atoms with Gasteiger partial charge in [0.05, 0.1) is 23.8 Å². The van der Waals surface area contributed by atoms with E-state index in [4.69, 9.17) is 9.47 Å². The molecule has 1 atom stereocenters. The first-order valence-electron chi connectivity index (χ1n) is 13.6. The number of unbranched alkanes of at least 4 members (excludes halogenated alkanes) is 7. The minimum Gasteiger partial charge on any atom is -0.493 e. The molecule has 0 aliphatic carbocycles. The molecule has 2 aliphatic heterocycles. The Labute approximate surface area is 223 Å². The number of carbonyl (C=O) groups excluding carboxylic acids is 5. The van der Waals surface area contributed by atoms with Crippen molar-refractivity contribution in [3.8, 4) is 5.75 Å². The van der Waals surface area contributed by atoms with Crippen LogP contribution in [0, 0.1) is 0 Å². The van der Waals surface area contributed by atoms with Crippen molar-refractivity contribution >= 4 is 29.5 Å². The van der Waals surface area contributed by atoms with Crippen LogP contribution in [-0.4, -0.2) is 66.3 Å². The van der Waals surface area contributed by atoms with Gasteiger partial charge in [-0.05, 0) is 45.2 Å². The average Bonchev–Trinajstić information content (AvgIpc) is 3.13. The van der Waals surface area contributed by atoms with Gasteiger partial charge in [0.15, 0.2) is 0 Å². The number of amides is 5. The van der Waals surface area contributed by atoms with Gasteiger partial charge in [-0.3, -0.25) is 34.2 Å². The second-order valence-corrected chi connectivity index (χ2v) is 10.0. The highest BCUT2D eigenvalue weighted by Gasteiger charge is 2.45. The maximum absolute atomic E-state index is 13.1. The highest BCUT2D eigenvalue weighted by Crippen LogP contribution is 2.33. The standard InChI is InChI=1S/C28H39N3O7/c1-19(2)38-18-24(33)29-16-9-7-5-3-4-6-8-10-17-37-22-13-11-12-20-25(22)28(36)31(27(20)35)21-14-15-23(32)30-26(21)34/h11-13,19,21H,3-10,14-18H2,1-2H3,(H,29,33)(H,30,32,34). The van der Waals surface area contributed by atoms with Crippen LogP contribution in [0.4, 0.5) is 0 Å². The molecule has 3 rings (SSSR count). The van der Waals surface area contributed by atoms with Gasteiger partial charge < -0.3 is 14.8 Å². The Morgan fingerprint density at radius 2 is 1.68 bits per heavy atom. The number of imide groups is 2. The van der Waals surface area contributed by atoms with Crippen LogP contribution in [0.25, 0.3) is 0 Å². The molecule has 0 radical (unpaired) electrons. The van der Waals surface area contributed by atoms with Gasteiger partial charge in [-0.1, -0.05) is 44.6 Å². The fourth-order valence-electron chi connectivity index (χ4n) is 4.60. The highest BCUT2D eigenvalue weighted by molar-refractivity contribution is 6.24. The number of carbonyl (C=O) groups is 5. The van der Waals surface area contributed by atoms with Crippen molar-refractivity contribution in [3.05, 3.63) is 29.3 Å². The second kappa shape index (κ2) is 14.6. The van der Waals surface area contributed by atoms with Crippen molar-refractivity contribution < 1.29 is 33.4 Å². The van der Waals surface area contributed by atoms with Crippen molar-refractivity contribution in [2.45, 2.75) is 90.2 Å². The smallest absolute Gasteiger partial charge is 0.266 e. The van der Waals surface area contributed by atoms with Crippen LogP contribution in [0.5, 0.6) is 5.75 Å². The summed E-state index contributed by atoms with van der Waals surface area (Å²) in [7, 11) is 0. The van der Waals surface area contributed by atoms with Crippen LogP contribution in [-0.2, 0) is 19.1 Å². The summed E-state index contributed by atoms with van der Waals surface area (Å²) in [5.41, 5.74) is 0.409. The van der Waals surface area contributed by atoms with Crippen molar-refractivity contribution in [1.82, 2.24) is 15.5 Å². The number of hydrogen-bond acceptors (Lipinski definition) is 7. The predicted molar refractivity (Wildman–Crippen MR) is 140 cm³/mol. The van der Waals surface area contributed by atoms with Crippen LogP contribution >= 0.6 is 0 Å².